The van der Waals surface area contributed by atoms with E-state index in [2.05, 4.69) is 9.72 Å². The molecule has 2 heterocycles. The summed E-state index contributed by atoms with van der Waals surface area (Å²) in [4.78, 5) is 43.1. The number of hydrogen-bond acceptors (Lipinski definition) is 6. The van der Waals surface area contributed by atoms with Crippen LogP contribution in [0.15, 0.2) is 64.2 Å². The van der Waals surface area contributed by atoms with Crippen LogP contribution in [0.2, 0.25) is 0 Å². The summed E-state index contributed by atoms with van der Waals surface area (Å²) < 4.78 is 9.16. The average Bonchev–Trinajstić information content (AvgIpc) is 3.23. The number of nitrogens with two attached hydrogens (primary N) is 1. The molecular formula is C26H28N6O4. The molecule has 10 nitrogen and oxygen atoms in total. The molecule has 2 aromatic heterocycles. The molecule has 2 aromatic carbocycles. The fourth-order valence-corrected chi connectivity index (χ4v) is 4.20. The Morgan fingerprint density at radius 3 is 2.36 bits per heavy atom. The van der Waals surface area contributed by atoms with E-state index in [1.165, 1.54) is 11.7 Å². The normalized spacial score (nSPS) is 11.1. The number of nitrogens with zero attached hydrogens (tertiary/aromatic N) is 4. The van der Waals surface area contributed by atoms with E-state index in [1.54, 1.807) is 40.4 Å². The SMILES string of the molecule is COC(=O)CCCCn1c(=O)c2nc(-c3ccc(C(=N)N)cc3)n(C)c2n(Cc2ccccc2)c1=O. The molecule has 0 saturated carbocycles. The van der Waals surface area contributed by atoms with E-state index >= 15 is 0 Å². The number of fused-ring (bicyclic) bond motifs is 1. The lowest BCUT2D eigenvalue weighted by atomic mass is 10.1. The summed E-state index contributed by atoms with van der Waals surface area (Å²) in [6.07, 6.45) is 1.17. The molecule has 186 valence electrons. The van der Waals surface area contributed by atoms with Crippen molar-refractivity contribution in [2.75, 3.05) is 7.11 Å². The van der Waals surface area contributed by atoms with Gasteiger partial charge in [-0.3, -0.25) is 24.1 Å². The van der Waals surface area contributed by atoms with Gasteiger partial charge in [0.1, 0.15) is 11.7 Å². The number of methoxy groups -OCH3 is 1. The number of imidazole rings is 1. The van der Waals surface area contributed by atoms with Crippen LogP contribution in [0.4, 0.5) is 0 Å². The summed E-state index contributed by atoms with van der Waals surface area (Å²) in [7, 11) is 3.10. The first-order valence-corrected chi connectivity index (χ1v) is 11.6. The Morgan fingerprint density at radius 1 is 1.03 bits per heavy atom. The Hall–Kier alpha value is -4.47. The van der Waals surface area contributed by atoms with Gasteiger partial charge in [0.05, 0.1) is 13.7 Å². The minimum Gasteiger partial charge on any atom is -0.469 e. The fraction of sp³-hybridized carbons (Fsp3) is 0.269. The van der Waals surface area contributed by atoms with Gasteiger partial charge in [-0.25, -0.2) is 9.78 Å². The molecule has 0 amide bonds. The zero-order valence-corrected chi connectivity index (χ0v) is 20.2. The molecule has 0 aliphatic carbocycles. The van der Waals surface area contributed by atoms with E-state index in [4.69, 9.17) is 11.1 Å². The van der Waals surface area contributed by atoms with E-state index in [0.29, 0.717) is 29.9 Å². The molecular weight excluding hydrogens is 460 g/mol. The number of aromatic nitrogens is 4. The Labute approximate surface area is 207 Å². The number of amidine groups is 1. The van der Waals surface area contributed by atoms with Crippen LogP contribution in [-0.4, -0.2) is 37.6 Å². The third kappa shape index (κ3) is 4.83. The molecule has 0 spiro atoms. The topological polar surface area (TPSA) is 138 Å². The van der Waals surface area contributed by atoms with Gasteiger partial charge in [0.2, 0.25) is 0 Å². The molecule has 0 bridgehead atoms. The maximum Gasteiger partial charge on any atom is 0.333 e. The summed E-state index contributed by atoms with van der Waals surface area (Å²) in [6.45, 7) is 0.430. The molecule has 0 saturated heterocycles. The van der Waals surface area contributed by atoms with Crippen LogP contribution in [0.3, 0.4) is 0 Å². The largest absolute Gasteiger partial charge is 0.469 e. The van der Waals surface area contributed by atoms with Crippen molar-refractivity contribution in [3.8, 4) is 11.4 Å². The van der Waals surface area contributed by atoms with Gasteiger partial charge in [-0.2, -0.15) is 0 Å². The molecule has 0 aliphatic heterocycles. The van der Waals surface area contributed by atoms with Gasteiger partial charge in [0.25, 0.3) is 5.56 Å². The van der Waals surface area contributed by atoms with Gasteiger partial charge in [0, 0.05) is 31.1 Å². The highest BCUT2D eigenvalue weighted by atomic mass is 16.5. The van der Waals surface area contributed by atoms with Crippen LogP contribution < -0.4 is 17.0 Å². The lowest BCUT2D eigenvalue weighted by Crippen LogP contribution is -2.40. The van der Waals surface area contributed by atoms with Crippen LogP contribution in [0.25, 0.3) is 22.6 Å². The van der Waals surface area contributed by atoms with Crippen molar-refractivity contribution in [3.05, 3.63) is 86.6 Å². The third-order valence-electron chi connectivity index (χ3n) is 6.11. The first-order valence-electron chi connectivity index (χ1n) is 11.6. The van der Waals surface area contributed by atoms with Crippen molar-refractivity contribution in [1.82, 2.24) is 18.7 Å². The molecule has 0 radical (unpaired) electrons. The number of carbonyl (C=O) groups excluding carboxylic acids is 1. The van der Waals surface area contributed by atoms with Crippen molar-refractivity contribution in [3.63, 3.8) is 0 Å². The van der Waals surface area contributed by atoms with Gasteiger partial charge in [-0.15, -0.1) is 0 Å². The van der Waals surface area contributed by atoms with Crippen molar-refractivity contribution < 1.29 is 9.53 Å². The molecule has 4 rings (SSSR count). The second kappa shape index (κ2) is 10.4. The summed E-state index contributed by atoms with van der Waals surface area (Å²) in [5.74, 6) is 0.143. The Morgan fingerprint density at radius 2 is 1.72 bits per heavy atom. The number of aryl methyl sites for hydroxylation is 1. The molecule has 0 aliphatic rings. The van der Waals surface area contributed by atoms with E-state index in [-0.39, 0.29) is 36.8 Å². The maximum atomic E-state index is 13.6. The Bertz CT molecular complexity index is 1530. The fourth-order valence-electron chi connectivity index (χ4n) is 4.20. The van der Waals surface area contributed by atoms with Gasteiger partial charge < -0.3 is 15.0 Å². The zero-order chi connectivity index (χ0) is 25.8. The number of hydrogen-bond donors (Lipinski definition) is 2. The smallest absolute Gasteiger partial charge is 0.333 e. The second-order valence-corrected chi connectivity index (χ2v) is 8.50. The number of nitrogen functional groups attached to an aromatic ring is 1. The molecule has 0 fully saturated rings. The van der Waals surface area contributed by atoms with E-state index in [0.717, 1.165) is 11.1 Å². The minimum absolute atomic E-state index is 0.0432. The Balaban J connectivity index is 1.84. The van der Waals surface area contributed by atoms with Crippen molar-refractivity contribution in [1.29, 1.82) is 5.41 Å². The highest BCUT2D eigenvalue weighted by Gasteiger charge is 2.21. The quantitative estimate of drug-likeness (QED) is 0.160. The summed E-state index contributed by atoms with van der Waals surface area (Å²) in [5.41, 5.74) is 7.48. The van der Waals surface area contributed by atoms with Crippen molar-refractivity contribution in [2.24, 2.45) is 12.8 Å². The van der Waals surface area contributed by atoms with Crippen LogP contribution in [0, 0.1) is 5.41 Å². The first kappa shape index (κ1) is 24.6. The zero-order valence-electron chi connectivity index (χ0n) is 20.2. The third-order valence-corrected chi connectivity index (χ3v) is 6.11. The highest BCUT2D eigenvalue weighted by Crippen LogP contribution is 2.22. The van der Waals surface area contributed by atoms with E-state index in [9.17, 15) is 14.4 Å². The summed E-state index contributed by atoms with van der Waals surface area (Å²) in [6, 6.07) is 16.5. The monoisotopic (exact) mass is 488 g/mol. The molecule has 10 heteroatoms. The molecule has 36 heavy (non-hydrogen) atoms. The van der Waals surface area contributed by atoms with Crippen LogP contribution in [-0.2, 0) is 29.7 Å². The van der Waals surface area contributed by atoms with Crippen molar-refractivity contribution in [2.45, 2.75) is 32.4 Å². The second-order valence-electron chi connectivity index (χ2n) is 8.50. The average molecular weight is 489 g/mol. The van der Waals surface area contributed by atoms with Gasteiger partial charge >= 0.3 is 11.7 Å². The molecule has 0 unspecified atom stereocenters. The van der Waals surface area contributed by atoms with Crippen LogP contribution >= 0.6 is 0 Å². The van der Waals surface area contributed by atoms with Gasteiger partial charge in [-0.05, 0) is 18.4 Å². The number of benzene rings is 2. The lowest BCUT2D eigenvalue weighted by Gasteiger charge is -2.13. The highest BCUT2D eigenvalue weighted by molar-refractivity contribution is 5.95. The van der Waals surface area contributed by atoms with E-state index in [1.807, 2.05) is 30.3 Å². The standard InChI is InChI=1S/C26H28N6O4/c1-30-23(19-13-11-18(12-14-19)22(27)28)29-21-24(30)32(16-17-8-4-3-5-9-17)26(35)31(25(21)34)15-7-6-10-20(33)36-2/h3-5,8-9,11-14H,6-7,10,15-16H2,1-2H3,(H3,27,28). The molecule has 4 aromatic rings. The van der Waals surface area contributed by atoms with Gasteiger partial charge in [0.15, 0.2) is 11.2 Å². The number of unbranched alkanes of at least 4 members (excludes halogenated alkanes) is 1. The predicted molar refractivity (Wildman–Crippen MR) is 137 cm³/mol. The number of carbonyl (C=O) groups is 1. The van der Waals surface area contributed by atoms with Crippen LogP contribution in [0.5, 0.6) is 0 Å². The van der Waals surface area contributed by atoms with Crippen molar-refractivity contribution >= 4 is 23.0 Å². The molecule has 3 N–H and O–H groups in total. The lowest BCUT2D eigenvalue weighted by molar-refractivity contribution is -0.140. The summed E-state index contributed by atoms with van der Waals surface area (Å²) in [5, 5.41) is 7.60. The van der Waals surface area contributed by atoms with Crippen LogP contribution in [0.1, 0.15) is 30.4 Å². The van der Waals surface area contributed by atoms with Gasteiger partial charge in [-0.1, -0.05) is 54.6 Å². The number of rotatable bonds is 9. The number of esters is 1. The summed E-state index contributed by atoms with van der Waals surface area (Å²) >= 11 is 0. The predicted octanol–water partition coefficient (Wildman–Crippen LogP) is 2.24. The Kier molecular flexibility index (Phi) is 7.14. The number of ether oxygens (including phenoxy) is 1. The molecule has 0 atom stereocenters. The maximum absolute atomic E-state index is 13.6. The first-order chi connectivity index (χ1) is 17.3. The minimum atomic E-state index is -0.473. The van der Waals surface area contributed by atoms with E-state index < -0.39 is 11.2 Å². The number of nitrogens with one attached hydrogen (secondary N) is 1.